The lowest BCUT2D eigenvalue weighted by Crippen LogP contribution is -2.34. The van der Waals surface area contributed by atoms with E-state index in [-0.39, 0.29) is 11.7 Å². The molecule has 5 nitrogen and oxygen atoms in total. The van der Waals surface area contributed by atoms with Crippen molar-refractivity contribution in [2.45, 2.75) is 25.7 Å². The molecule has 1 saturated heterocycles. The minimum atomic E-state index is -4.70. The van der Waals surface area contributed by atoms with Crippen LogP contribution in [-0.2, 0) is 6.54 Å². The normalized spacial score (nSPS) is 16.9. The number of thiophene rings is 1. The van der Waals surface area contributed by atoms with Gasteiger partial charge in [0.25, 0.3) is 0 Å². The Morgan fingerprint density at radius 3 is 2.54 bits per heavy atom. The molecule has 1 fully saturated rings. The molecule has 9 heteroatoms. The van der Waals surface area contributed by atoms with Gasteiger partial charge in [0.05, 0.1) is 0 Å². The van der Waals surface area contributed by atoms with Crippen molar-refractivity contribution in [2.24, 2.45) is 16.6 Å². The number of nitrogens with zero attached hydrogens (tertiary/aromatic N) is 2. The van der Waals surface area contributed by atoms with E-state index in [9.17, 15) is 13.2 Å². The molecule has 0 amide bonds. The first-order valence-electron chi connectivity index (χ1n) is 9.05. The van der Waals surface area contributed by atoms with E-state index >= 15 is 0 Å². The number of guanidine groups is 1. The predicted octanol–water partition coefficient (Wildman–Crippen LogP) is 4.29. The van der Waals surface area contributed by atoms with E-state index in [4.69, 9.17) is 5.73 Å². The van der Waals surface area contributed by atoms with Crippen LogP contribution in [0.2, 0.25) is 0 Å². The predicted molar refractivity (Wildman–Crippen MR) is 106 cm³/mol. The summed E-state index contributed by atoms with van der Waals surface area (Å²) in [5, 5.41) is 4.99. The van der Waals surface area contributed by atoms with Crippen molar-refractivity contribution in [3.05, 3.63) is 46.7 Å². The van der Waals surface area contributed by atoms with Crippen molar-refractivity contribution < 1.29 is 17.9 Å². The molecule has 2 aromatic rings. The first-order valence-corrected chi connectivity index (χ1v) is 9.93. The van der Waals surface area contributed by atoms with Crippen LogP contribution in [0.25, 0.3) is 0 Å². The van der Waals surface area contributed by atoms with Crippen LogP contribution in [0.3, 0.4) is 0 Å². The lowest BCUT2D eigenvalue weighted by Gasteiger charge is -2.30. The number of ether oxygens (including phenoxy) is 1. The van der Waals surface area contributed by atoms with Crippen LogP contribution in [0, 0.1) is 5.92 Å². The van der Waals surface area contributed by atoms with Gasteiger partial charge in [-0.05, 0) is 67.6 Å². The number of halogens is 3. The average molecular weight is 412 g/mol. The van der Waals surface area contributed by atoms with Crippen molar-refractivity contribution in [1.29, 1.82) is 0 Å². The van der Waals surface area contributed by atoms with E-state index in [1.165, 1.54) is 29.1 Å². The van der Waals surface area contributed by atoms with Gasteiger partial charge >= 0.3 is 6.36 Å². The zero-order valence-electron chi connectivity index (χ0n) is 15.3. The molecule has 1 aromatic carbocycles. The van der Waals surface area contributed by atoms with Gasteiger partial charge in [-0.3, -0.25) is 9.89 Å². The largest absolute Gasteiger partial charge is 0.573 e. The van der Waals surface area contributed by atoms with Crippen LogP contribution in [0.15, 0.2) is 46.8 Å². The second kappa shape index (κ2) is 9.29. The Morgan fingerprint density at radius 1 is 1.21 bits per heavy atom. The molecule has 0 saturated carbocycles. The zero-order valence-corrected chi connectivity index (χ0v) is 16.1. The van der Waals surface area contributed by atoms with E-state index in [1.807, 2.05) is 0 Å². The van der Waals surface area contributed by atoms with Crippen molar-refractivity contribution in [3.63, 3.8) is 0 Å². The number of benzene rings is 1. The molecule has 0 aliphatic carbocycles. The molecule has 1 aliphatic rings. The summed E-state index contributed by atoms with van der Waals surface area (Å²) >= 11 is 1.78. The molecule has 0 atom stereocenters. The van der Waals surface area contributed by atoms with Crippen LogP contribution in [0.4, 0.5) is 18.9 Å². The highest BCUT2D eigenvalue weighted by Crippen LogP contribution is 2.24. The number of alkyl halides is 3. The summed E-state index contributed by atoms with van der Waals surface area (Å²) < 4.78 is 40.3. The van der Waals surface area contributed by atoms with Gasteiger partial charge in [0.15, 0.2) is 5.96 Å². The summed E-state index contributed by atoms with van der Waals surface area (Å²) in [5.74, 6) is 0.468. The van der Waals surface area contributed by atoms with Crippen molar-refractivity contribution in [2.75, 3.05) is 25.0 Å². The van der Waals surface area contributed by atoms with Crippen molar-refractivity contribution >= 4 is 23.0 Å². The van der Waals surface area contributed by atoms with Gasteiger partial charge in [-0.2, -0.15) is 0 Å². The maximum Gasteiger partial charge on any atom is 0.573 e. The minimum Gasteiger partial charge on any atom is -0.406 e. The van der Waals surface area contributed by atoms with E-state index in [2.05, 4.69) is 37.5 Å². The summed E-state index contributed by atoms with van der Waals surface area (Å²) in [7, 11) is 0. The van der Waals surface area contributed by atoms with Gasteiger partial charge in [0.1, 0.15) is 5.75 Å². The zero-order chi connectivity index (χ0) is 20.0. The Hall–Kier alpha value is -2.26. The molecular formula is C19H23F3N4OS. The minimum absolute atomic E-state index is 0.255. The highest BCUT2D eigenvalue weighted by molar-refractivity contribution is 7.09. The Labute approximate surface area is 166 Å². The molecule has 2 heterocycles. The fourth-order valence-corrected chi connectivity index (χ4v) is 3.85. The lowest BCUT2D eigenvalue weighted by atomic mass is 9.97. The van der Waals surface area contributed by atoms with Gasteiger partial charge in [-0.1, -0.05) is 6.07 Å². The summed E-state index contributed by atoms with van der Waals surface area (Å²) in [6.07, 6.45) is -2.55. The smallest absolute Gasteiger partial charge is 0.406 e. The lowest BCUT2D eigenvalue weighted by molar-refractivity contribution is -0.274. The van der Waals surface area contributed by atoms with Gasteiger partial charge in [0.2, 0.25) is 0 Å². The Balaban J connectivity index is 1.41. The van der Waals surface area contributed by atoms with Gasteiger partial charge in [-0.15, -0.1) is 24.5 Å². The Bertz CT molecular complexity index is 754. The molecule has 3 rings (SSSR count). The molecule has 0 radical (unpaired) electrons. The van der Waals surface area contributed by atoms with Crippen molar-refractivity contribution in [1.82, 2.24) is 4.90 Å². The topological polar surface area (TPSA) is 62.9 Å². The molecule has 0 unspecified atom stereocenters. The Morgan fingerprint density at radius 2 is 1.93 bits per heavy atom. The van der Waals surface area contributed by atoms with Gasteiger partial charge in [0, 0.05) is 23.7 Å². The first-order chi connectivity index (χ1) is 13.4. The number of hydrogen-bond acceptors (Lipinski definition) is 4. The second-order valence-corrected chi connectivity index (χ2v) is 7.75. The molecule has 1 aliphatic heterocycles. The Kier molecular flexibility index (Phi) is 6.79. The van der Waals surface area contributed by atoms with E-state index < -0.39 is 6.36 Å². The number of nitrogens with two attached hydrogens (primary N) is 1. The molecule has 1 aromatic heterocycles. The van der Waals surface area contributed by atoms with Crippen LogP contribution in [0.5, 0.6) is 5.75 Å². The quantitative estimate of drug-likeness (QED) is 0.549. The van der Waals surface area contributed by atoms with E-state index in [1.54, 1.807) is 11.3 Å². The summed E-state index contributed by atoms with van der Waals surface area (Å²) in [6.45, 7) is 3.74. The summed E-state index contributed by atoms with van der Waals surface area (Å²) in [6, 6.07) is 9.63. The number of piperidine rings is 1. The number of likely N-dealkylation sites (tertiary alicyclic amines) is 1. The highest BCUT2D eigenvalue weighted by Gasteiger charge is 2.30. The molecule has 3 N–H and O–H groups in total. The van der Waals surface area contributed by atoms with Crippen LogP contribution in [0.1, 0.15) is 17.7 Å². The molecule has 0 bridgehead atoms. The maximum atomic E-state index is 12.2. The molecule has 0 spiro atoms. The first kappa shape index (κ1) is 20.5. The van der Waals surface area contributed by atoms with E-state index in [0.29, 0.717) is 18.2 Å². The number of anilines is 1. The fourth-order valence-electron chi connectivity index (χ4n) is 3.10. The monoisotopic (exact) mass is 412 g/mol. The standard InChI is InChI=1S/C19H23F3N4OS/c20-19(21,22)27-16-5-3-15(4-6-16)25-18(23)24-12-14-7-9-26(10-8-14)13-17-2-1-11-28-17/h1-6,11,14H,7-10,12-13H2,(H3,23,24,25). The molecular weight excluding hydrogens is 389 g/mol. The third kappa shape index (κ3) is 6.72. The molecule has 28 heavy (non-hydrogen) atoms. The van der Waals surface area contributed by atoms with E-state index in [0.717, 1.165) is 32.5 Å². The number of rotatable bonds is 6. The van der Waals surface area contributed by atoms with Crippen molar-refractivity contribution in [3.8, 4) is 5.75 Å². The van der Waals surface area contributed by atoms with Crippen LogP contribution >= 0.6 is 11.3 Å². The van der Waals surface area contributed by atoms with Gasteiger partial charge < -0.3 is 15.8 Å². The summed E-state index contributed by atoms with van der Waals surface area (Å²) in [5.41, 5.74) is 6.46. The fraction of sp³-hybridized carbons (Fsp3) is 0.421. The summed E-state index contributed by atoms with van der Waals surface area (Å²) in [4.78, 5) is 8.22. The van der Waals surface area contributed by atoms with Crippen LogP contribution in [-0.4, -0.2) is 36.9 Å². The SMILES string of the molecule is NC(=NCC1CCN(Cc2cccs2)CC1)Nc1ccc(OC(F)(F)F)cc1. The number of nitrogens with one attached hydrogen (secondary N) is 1. The van der Waals surface area contributed by atoms with Crippen LogP contribution < -0.4 is 15.8 Å². The number of aliphatic imine (C=N–C) groups is 1. The third-order valence-electron chi connectivity index (χ3n) is 4.55. The maximum absolute atomic E-state index is 12.2. The van der Waals surface area contributed by atoms with Gasteiger partial charge in [-0.25, -0.2) is 0 Å². The molecule has 152 valence electrons. The highest BCUT2D eigenvalue weighted by atomic mass is 32.1. The number of hydrogen-bond donors (Lipinski definition) is 2. The second-order valence-electron chi connectivity index (χ2n) is 6.72. The average Bonchev–Trinajstić information content (AvgIpc) is 3.15. The third-order valence-corrected chi connectivity index (χ3v) is 5.41.